The maximum Gasteiger partial charge on any atom is 0.0543 e. The lowest BCUT2D eigenvalue weighted by Crippen LogP contribution is -1.99. The number of rotatable bonds is 2. The summed E-state index contributed by atoms with van der Waals surface area (Å²) in [6.07, 6.45) is 8.69. The molecule has 1 aliphatic rings. The fraction of sp³-hybridized carbons (Fsp3) is 0.778. The van der Waals surface area contributed by atoms with Crippen molar-refractivity contribution in [1.29, 1.82) is 0 Å². The fourth-order valence-electron chi connectivity index (χ4n) is 1.59. The van der Waals surface area contributed by atoms with Gasteiger partial charge in [-0.2, -0.15) is 0 Å². The normalized spacial score (nSPS) is 33.8. The third-order valence-corrected chi connectivity index (χ3v) is 2.22. The van der Waals surface area contributed by atoms with Crippen LogP contribution in [-0.2, 0) is 0 Å². The van der Waals surface area contributed by atoms with Gasteiger partial charge in [0.05, 0.1) is 6.10 Å². The maximum absolute atomic E-state index is 9.17. The molecule has 10 heavy (non-hydrogen) atoms. The Morgan fingerprint density at radius 1 is 1.50 bits per heavy atom. The molecular weight excluding hydrogens is 124 g/mol. The van der Waals surface area contributed by atoms with Crippen LogP contribution in [0.1, 0.15) is 32.6 Å². The molecule has 1 rings (SSSR count). The topological polar surface area (TPSA) is 20.2 Å². The number of allylic oxidation sites excluding steroid dienone is 2. The zero-order valence-corrected chi connectivity index (χ0v) is 6.59. The summed E-state index contributed by atoms with van der Waals surface area (Å²) >= 11 is 0. The van der Waals surface area contributed by atoms with Gasteiger partial charge in [-0.1, -0.05) is 12.2 Å². The predicted octanol–water partition coefficient (Wildman–Crippen LogP) is 2.11. The molecule has 1 N–H and O–H groups in total. The Hall–Kier alpha value is -0.300. The minimum atomic E-state index is -0.00439. The van der Waals surface area contributed by atoms with Gasteiger partial charge >= 0.3 is 0 Å². The van der Waals surface area contributed by atoms with Gasteiger partial charge in [-0.25, -0.2) is 0 Å². The first-order valence-corrected chi connectivity index (χ1v) is 4.12. The van der Waals surface area contributed by atoms with Crippen LogP contribution in [0, 0.1) is 5.92 Å². The van der Waals surface area contributed by atoms with E-state index in [9.17, 15) is 5.11 Å². The van der Waals surface area contributed by atoms with Crippen LogP contribution in [0.2, 0.25) is 0 Å². The van der Waals surface area contributed by atoms with E-state index in [1.807, 2.05) is 6.92 Å². The van der Waals surface area contributed by atoms with Crippen LogP contribution in [0.15, 0.2) is 12.2 Å². The Morgan fingerprint density at radius 2 is 2.30 bits per heavy atom. The molecule has 0 saturated heterocycles. The molecule has 0 amide bonds. The summed E-state index contributed by atoms with van der Waals surface area (Å²) in [5, 5.41) is 9.17. The Labute approximate surface area is 62.8 Å². The summed E-state index contributed by atoms with van der Waals surface area (Å²) < 4.78 is 0. The Morgan fingerprint density at radius 3 is 2.80 bits per heavy atom. The SMILES string of the molecule is C/C=C/CC1CCC(O)C1. The van der Waals surface area contributed by atoms with Crippen molar-refractivity contribution >= 4 is 0 Å². The molecule has 1 aliphatic carbocycles. The van der Waals surface area contributed by atoms with Crippen molar-refractivity contribution in [3.63, 3.8) is 0 Å². The van der Waals surface area contributed by atoms with Crippen molar-refractivity contribution in [2.24, 2.45) is 5.92 Å². The largest absolute Gasteiger partial charge is 0.393 e. The van der Waals surface area contributed by atoms with Gasteiger partial charge in [0.25, 0.3) is 0 Å². The van der Waals surface area contributed by atoms with Gasteiger partial charge in [0, 0.05) is 0 Å². The summed E-state index contributed by atoms with van der Waals surface area (Å²) in [7, 11) is 0. The van der Waals surface area contributed by atoms with Crippen LogP contribution >= 0.6 is 0 Å². The molecule has 0 bridgehead atoms. The molecular formula is C9H16O. The van der Waals surface area contributed by atoms with E-state index in [1.54, 1.807) is 0 Å². The second kappa shape index (κ2) is 3.77. The lowest BCUT2D eigenvalue weighted by molar-refractivity contribution is 0.178. The van der Waals surface area contributed by atoms with Gasteiger partial charge in [-0.3, -0.25) is 0 Å². The highest BCUT2D eigenvalue weighted by atomic mass is 16.3. The molecule has 0 aromatic heterocycles. The zero-order chi connectivity index (χ0) is 7.40. The number of hydrogen-bond donors (Lipinski definition) is 1. The second-order valence-electron chi connectivity index (χ2n) is 3.14. The van der Waals surface area contributed by atoms with Gasteiger partial charge in [0.1, 0.15) is 0 Å². The second-order valence-corrected chi connectivity index (χ2v) is 3.14. The van der Waals surface area contributed by atoms with Crippen LogP contribution in [-0.4, -0.2) is 11.2 Å². The molecule has 0 aromatic rings. The minimum Gasteiger partial charge on any atom is -0.393 e. The lowest BCUT2D eigenvalue weighted by atomic mass is 10.0. The molecule has 0 heterocycles. The van der Waals surface area contributed by atoms with E-state index in [1.165, 1.54) is 6.42 Å². The van der Waals surface area contributed by atoms with Crippen LogP contribution in [0.25, 0.3) is 0 Å². The monoisotopic (exact) mass is 140 g/mol. The van der Waals surface area contributed by atoms with E-state index in [2.05, 4.69) is 12.2 Å². The van der Waals surface area contributed by atoms with Crippen molar-refractivity contribution in [2.75, 3.05) is 0 Å². The highest BCUT2D eigenvalue weighted by Gasteiger charge is 2.20. The molecule has 2 atom stereocenters. The summed E-state index contributed by atoms with van der Waals surface area (Å²) in [5.74, 6) is 0.756. The first-order chi connectivity index (χ1) is 4.83. The van der Waals surface area contributed by atoms with E-state index >= 15 is 0 Å². The van der Waals surface area contributed by atoms with Gasteiger partial charge in [-0.05, 0) is 38.5 Å². The molecule has 1 nitrogen and oxygen atoms in total. The van der Waals surface area contributed by atoms with Gasteiger partial charge < -0.3 is 5.11 Å². The first kappa shape index (κ1) is 7.80. The molecule has 1 fully saturated rings. The molecule has 1 saturated carbocycles. The summed E-state index contributed by atoms with van der Waals surface area (Å²) in [4.78, 5) is 0. The predicted molar refractivity (Wildman–Crippen MR) is 42.8 cm³/mol. The molecule has 1 heteroatoms. The van der Waals surface area contributed by atoms with Gasteiger partial charge in [-0.15, -0.1) is 0 Å². The molecule has 0 spiro atoms. The van der Waals surface area contributed by atoms with Gasteiger partial charge in [0.2, 0.25) is 0 Å². The minimum absolute atomic E-state index is 0.00439. The summed E-state index contributed by atoms with van der Waals surface area (Å²) in [6, 6.07) is 0. The molecule has 0 aliphatic heterocycles. The van der Waals surface area contributed by atoms with Crippen LogP contribution in [0.4, 0.5) is 0 Å². The number of aliphatic hydroxyl groups excluding tert-OH is 1. The smallest absolute Gasteiger partial charge is 0.0543 e. The molecule has 0 aromatic carbocycles. The maximum atomic E-state index is 9.17. The average molecular weight is 140 g/mol. The molecule has 0 radical (unpaired) electrons. The first-order valence-electron chi connectivity index (χ1n) is 4.12. The van der Waals surface area contributed by atoms with Crippen molar-refractivity contribution in [3.8, 4) is 0 Å². The van der Waals surface area contributed by atoms with Crippen molar-refractivity contribution in [1.82, 2.24) is 0 Å². The highest BCUT2D eigenvalue weighted by Crippen LogP contribution is 2.28. The Bertz CT molecular complexity index is 118. The zero-order valence-electron chi connectivity index (χ0n) is 6.59. The number of hydrogen-bond acceptors (Lipinski definition) is 1. The standard InChI is InChI=1S/C9H16O/c1-2-3-4-8-5-6-9(10)7-8/h2-3,8-10H,4-7H2,1H3/b3-2+. The van der Waals surface area contributed by atoms with E-state index in [0.29, 0.717) is 0 Å². The van der Waals surface area contributed by atoms with Crippen molar-refractivity contribution in [2.45, 2.75) is 38.7 Å². The Balaban J connectivity index is 2.18. The van der Waals surface area contributed by atoms with E-state index < -0.39 is 0 Å². The molecule has 58 valence electrons. The van der Waals surface area contributed by atoms with E-state index in [-0.39, 0.29) is 6.10 Å². The Kier molecular flexibility index (Phi) is 2.94. The fourth-order valence-corrected chi connectivity index (χ4v) is 1.59. The third-order valence-electron chi connectivity index (χ3n) is 2.22. The lowest BCUT2D eigenvalue weighted by Gasteiger charge is -2.03. The van der Waals surface area contributed by atoms with Crippen LogP contribution in [0.3, 0.4) is 0 Å². The van der Waals surface area contributed by atoms with E-state index in [4.69, 9.17) is 0 Å². The third kappa shape index (κ3) is 2.14. The van der Waals surface area contributed by atoms with Crippen LogP contribution < -0.4 is 0 Å². The number of aliphatic hydroxyl groups is 1. The average Bonchev–Trinajstić information content (AvgIpc) is 2.31. The van der Waals surface area contributed by atoms with E-state index in [0.717, 1.165) is 25.2 Å². The quantitative estimate of drug-likeness (QED) is 0.582. The molecule has 2 unspecified atom stereocenters. The highest BCUT2D eigenvalue weighted by molar-refractivity contribution is 4.84. The van der Waals surface area contributed by atoms with Crippen molar-refractivity contribution < 1.29 is 5.11 Å². The van der Waals surface area contributed by atoms with Crippen LogP contribution in [0.5, 0.6) is 0 Å². The van der Waals surface area contributed by atoms with Gasteiger partial charge in [0.15, 0.2) is 0 Å². The van der Waals surface area contributed by atoms with Crippen molar-refractivity contribution in [3.05, 3.63) is 12.2 Å². The summed E-state index contributed by atoms with van der Waals surface area (Å²) in [5.41, 5.74) is 0. The summed E-state index contributed by atoms with van der Waals surface area (Å²) in [6.45, 7) is 2.05.